The number of methoxy groups -OCH3 is 2. The van der Waals surface area contributed by atoms with Crippen molar-refractivity contribution in [3.8, 4) is 11.5 Å². The van der Waals surface area contributed by atoms with Gasteiger partial charge >= 0.3 is 6.18 Å². The largest absolute Gasteiger partial charge is 0.493 e. The van der Waals surface area contributed by atoms with E-state index in [-0.39, 0.29) is 0 Å². The van der Waals surface area contributed by atoms with Crippen molar-refractivity contribution in [2.45, 2.75) is 19.3 Å². The van der Waals surface area contributed by atoms with E-state index in [0.29, 0.717) is 41.4 Å². The van der Waals surface area contributed by atoms with Crippen LogP contribution in [0.2, 0.25) is 0 Å². The molecule has 6 nitrogen and oxygen atoms in total. The first-order valence-corrected chi connectivity index (χ1v) is 10.4. The first kappa shape index (κ1) is 23.2. The average Bonchev–Trinajstić information content (AvgIpc) is 3.27. The van der Waals surface area contributed by atoms with E-state index in [1.807, 2.05) is 11.0 Å². The summed E-state index contributed by atoms with van der Waals surface area (Å²) in [7, 11) is 3.07. The molecular formula is C25H22F3N3O3. The molecule has 4 rings (SSSR count). The van der Waals surface area contributed by atoms with E-state index in [1.54, 1.807) is 43.5 Å². The molecule has 1 aliphatic heterocycles. The van der Waals surface area contributed by atoms with Crippen molar-refractivity contribution in [3.63, 3.8) is 0 Å². The Bertz CT molecular complexity index is 1240. The van der Waals surface area contributed by atoms with Gasteiger partial charge in [0.2, 0.25) is 0 Å². The van der Waals surface area contributed by atoms with E-state index < -0.39 is 17.6 Å². The lowest BCUT2D eigenvalue weighted by Crippen LogP contribution is -2.18. The number of amides is 1. The van der Waals surface area contributed by atoms with Crippen LogP contribution in [-0.2, 0) is 19.3 Å². The minimum absolute atomic E-state index is 0.392. The topological polar surface area (TPSA) is 63.2 Å². The molecule has 0 unspecified atom stereocenters. The zero-order valence-electron chi connectivity index (χ0n) is 18.5. The summed E-state index contributed by atoms with van der Waals surface area (Å²) in [6.45, 7) is 0.878. The second-order valence-electron chi connectivity index (χ2n) is 7.70. The number of benzene rings is 3. The number of halogens is 3. The average molecular weight is 469 g/mol. The molecule has 0 aliphatic carbocycles. The summed E-state index contributed by atoms with van der Waals surface area (Å²) in [5.41, 5.74) is 5.25. The van der Waals surface area contributed by atoms with Gasteiger partial charge in [0.05, 0.1) is 26.0 Å². The maximum atomic E-state index is 13.1. The lowest BCUT2D eigenvalue weighted by molar-refractivity contribution is -0.137. The van der Waals surface area contributed by atoms with Crippen LogP contribution < -0.4 is 19.8 Å². The first-order valence-electron chi connectivity index (χ1n) is 10.4. The number of nitrogens with zero attached hydrogens (tertiary/aromatic N) is 2. The van der Waals surface area contributed by atoms with Crippen LogP contribution in [0.4, 0.5) is 18.9 Å². The fraction of sp³-hybridized carbons (Fsp3) is 0.200. The van der Waals surface area contributed by atoms with Gasteiger partial charge in [-0.2, -0.15) is 18.3 Å². The van der Waals surface area contributed by atoms with Gasteiger partial charge < -0.3 is 14.4 Å². The first-order chi connectivity index (χ1) is 16.3. The molecule has 34 heavy (non-hydrogen) atoms. The fourth-order valence-corrected chi connectivity index (χ4v) is 3.76. The quantitative estimate of drug-likeness (QED) is 0.407. The van der Waals surface area contributed by atoms with Gasteiger partial charge in [0, 0.05) is 24.3 Å². The minimum Gasteiger partial charge on any atom is -0.493 e. The number of nitrogens with one attached hydrogen (secondary N) is 1. The number of hydrogen-bond donors (Lipinski definition) is 1. The van der Waals surface area contributed by atoms with Crippen molar-refractivity contribution in [1.29, 1.82) is 0 Å². The van der Waals surface area contributed by atoms with E-state index in [1.165, 1.54) is 19.4 Å². The van der Waals surface area contributed by atoms with Crippen molar-refractivity contribution in [3.05, 3.63) is 88.5 Å². The number of fused-ring (bicyclic) bond motifs is 1. The summed E-state index contributed by atoms with van der Waals surface area (Å²) in [4.78, 5) is 14.4. The lowest BCUT2D eigenvalue weighted by atomic mass is 10.1. The Labute approximate surface area is 194 Å². The van der Waals surface area contributed by atoms with Crippen LogP contribution in [0, 0.1) is 0 Å². The standard InChI is InChI=1S/C25H22F3N3O3/c1-33-22-9-6-16(10-23(22)34-2)13-29-30-24(32)17-7-8-18-14-31(15-19(18)11-17)21-5-3-4-20(12-21)25(26,27)28/h3-13H,14-15H2,1-2H3,(H,30,32)/b29-13+. The molecule has 0 fully saturated rings. The van der Waals surface area contributed by atoms with Gasteiger partial charge in [-0.1, -0.05) is 12.1 Å². The third-order valence-electron chi connectivity index (χ3n) is 5.52. The van der Waals surface area contributed by atoms with Gasteiger partial charge in [-0.15, -0.1) is 0 Å². The Hall–Kier alpha value is -4.01. The maximum absolute atomic E-state index is 13.1. The predicted molar refractivity (Wildman–Crippen MR) is 122 cm³/mol. The lowest BCUT2D eigenvalue weighted by Gasteiger charge is -2.19. The molecule has 1 amide bonds. The van der Waals surface area contributed by atoms with E-state index in [4.69, 9.17) is 9.47 Å². The Balaban J connectivity index is 1.43. The molecular weight excluding hydrogens is 447 g/mol. The highest BCUT2D eigenvalue weighted by molar-refractivity contribution is 5.95. The van der Waals surface area contributed by atoms with E-state index in [9.17, 15) is 18.0 Å². The molecule has 0 spiro atoms. The van der Waals surface area contributed by atoms with Gasteiger partial charge in [-0.05, 0) is 65.2 Å². The van der Waals surface area contributed by atoms with Crippen LogP contribution in [0.15, 0.2) is 65.8 Å². The summed E-state index contributed by atoms with van der Waals surface area (Å²) >= 11 is 0. The highest BCUT2D eigenvalue weighted by atomic mass is 19.4. The number of anilines is 1. The highest BCUT2D eigenvalue weighted by Crippen LogP contribution is 2.34. The number of carbonyl (C=O) groups excluding carboxylic acids is 1. The number of carbonyl (C=O) groups is 1. The molecule has 1 heterocycles. The van der Waals surface area contributed by atoms with Crippen LogP contribution >= 0.6 is 0 Å². The van der Waals surface area contributed by atoms with Crippen LogP contribution in [0.5, 0.6) is 11.5 Å². The van der Waals surface area contributed by atoms with Crippen molar-refractivity contribution in [2.24, 2.45) is 5.10 Å². The summed E-state index contributed by atoms with van der Waals surface area (Å²) < 4.78 is 49.6. The molecule has 0 radical (unpaired) electrons. The summed E-state index contributed by atoms with van der Waals surface area (Å²) in [6, 6.07) is 15.7. The molecule has 0 aromatic heterocycles. The van der Waals surface area contributed by atoms with Crippen LogP contribution in [0.25, 0.3) is 0 Å². The second kappa shape index (κ2) is 9.46. The smallest absolute Gasteiger partial charge is 0.416 e. The van der Waals surface area contributed by atoms with E-state index in [2.05, 4.69) is 10.5 Å². The molecule has 176 valence electrons. The number of hydrazone groups is 1. The predicted octanol–water partition coefficient (Wildman–Crippen LogP) is 5.01. The summed E-state index contributed by atoms with van der Waals surface area (Å²) in [5, 5.41) is 4.00. The van der Waals surface area contributed by atoms with Gasteiger partial charge in [0.15, 0.2) is 11.5 Å². The van der Waals surface area contributed by atoms with Crippen LogP contribution in [0.1, 0.15) is 32.6 Å². The van der Waals surface area contributed by atoms with E-state index in [0.717, 1.165) is 23.3 Å². The van der Waals surface area contributed by atoms with Crippen LogP contribution in [-0.4, -0.2) is 26.3 Å². The number of hydrogen-bond acceptors (Lipinski definition) is 5. The zero-order valence-corrected chi connectivity index (χ0v) is 18.5. The summed E-state index contributed by atoms with van der Waals surface area (Å²) in [5.74, 6) is 0.736. The van der Waals surface area contributed by atoms with Gasteiger partial charge in [0.25, 0.3) is 5.91 Å². The van der Waals surface area contributed by atoms with Gasteiger partial charge in [-0.25, -0.2) is 5.43 Å². The van der Waals surface area contributed by atoms with Crippen molar-refractivity contribution >= 4 is 17.8 Å². The van der Waals surface area contributed by atoms with Crippen molar-refractivity contribution in [2.75, 3.05) is 19.1 Å². The zero-order chi connectivity index (χ0) is 24.3. The third-order valence-corrected chi connectivity index (χ3v) is 5.52. The number of alkyl halides is 3. The van der Waals surface area contributed by atoms with Crippen LogP contribution in [0.3, 0.4) is 0 Å². The number of rotatable bonds is 6. The van der Waals surface area contributed by atoms with Gasteiger partial charge in [0.1, 0.15) is 0 Å². The van der Waals surface area contributed by atoms with Gasteiger partial charge in [-0.3, -0.25) is 4.79 Å². The Morgan fingerprint density at radius 2 is 1.74 bits per heavy atom. The molecule has 9 heteroatoms. The molecule has 1 N–H and O–H groups in total. The molecule has 1 aliphatic rings. The number of ether oxygens (including phenoxy) is 2. The molecule has 0 bridgehead atoms. The molecule has 0 saturated carbocycles. The third kappa shape index (κ3) is 4.98. The van der Waals surface area contributed by atoms with Crippen molar-refractivity contribution in [1.82, 2.24) is 5.43 Å². The monoisotopic (exact) mass is 469 g/mol. The van der Waals surface area contributed by atoms with Crippen molar-refractivity contribution < 1.29 is 27.4 Å². The molecule has 3 aromatic rings. The molecule has 3 aromatic carbocycles. The normalized spacial score (nSPS) is 13.1. The second-order valence-corrected chi connectivity index (χ2v) is 7.70. The Morgan fingerprint density at radius 1 is 0.971 bits per heavy atom. The SMILES string of the molecule is COc1ccc(/C=N/NC(=O)c2ccc3c(c2)CN(c2cccc(C(F)(F)F)c2)C3)cc1OC. The molecule has 0 saturated heterocycles. The summed E-state index contributed by atoms with van der Waals surface area (Å²) in [6.07, 6.45) is -2.91. The highest BCUT2D eigenvalue weighted by Gasteiger charge is 2.31. The Kier molecular flexibility index (Phi) is 6.45. The minimum atomic E-state index is -4.40. The Morgan fingerprint density at radius 3 is 2.47 bits per heavy atom. The molecule has 0 atom stereocenters. The van der Waals surface area contributed by atoms with E-state index >= 15 is 0 Å². The fourth-order valence-electron chi connectivity index (χ4n) is 3.76. The maximum Gasteiger partial charge on any atom is 0.416 e.